The minimum atomic E-state index is 1.11. The zero-order valence-electron chi connectivity index (χ0n) is 7.84. The van der Waals surface area contributed by atoms with Crippen LogP contribution in [0.1, 0.15) is 46.0 Å². The van der Waals surface area contributed by atoms with Crippen LogP contribution in [0.15, 0.2) is 24.3 Å². The summed E-state index contributed by atoms with van der Waals surface area (Å²) in [5.74, 6) is 0. The van der Waals surface area contributed by atoms with Gasteiger partial charge in [0.05, 0.1) is 0 Å². The van der Waals surface area contributed by atoms with Crippen LogP contribution in [-0.4, -0.2) is 0 Å². The van der Waals surface area contributed by atoms with E-state index in [4.69, 9.17) is 0 Å². The summed E-state index contributed by atoms with van der Waals surface area (Å²) in [4.78, 5) is 0. The molecule has 0 aliphatic carbocycles. The van der Waals surface area contributed by atoms with E-state index in [0.29, 0.717) is 0 Å². The Morgan fingerprint density at radius 3 is 2.27 bits per heavy atom. The predicted octanol–water partition coefficient (Wildman–Crippen LogP) is 4.09. The van der Waals surface area contributed by atoms with Crippen LogP contribution < -0.4 is 0 Å². The summed E-state index contributed by atoms with van der Waals surface area (Å²) in [5, 5.41) is 0. The molecule has 0 aromatic rings. The molecule has 0 saturated carbocycles. The quantitative estimate of drug-likeness (QED) is 0.397. The topological polar surface area (TPSA) is 0 Å². The largest absolute Gasteiger partial charge is 0.0885 e. The van der Waals surface area contributed by atoms with Crippen molar-refractivity contribution >= 4 is 0 Å². The van der Waals surface area contributed by atoms with Crippen LogP contribution in [0, 0.1) is 0 Å². The normalized spacial score (nSPS) is 11.8. The molecule has 0 aliphatic heterocycles. The molecule has 0 aliphatic rings. The van der Waals surface area contributed by atoms with Crippen molar-refractivity contribution in [2.75, 3.05) is 0 Å². The van der Waals surface area contributed by atoms with E-state index in [-0.39, 0.29) is 0 Å². The molecule has 0 radical (unpaired) electrons. The molecule has 0 fully saturated rings. The maximum absolute atomic E-state index is 2.28. The van der Waals surface area contributed by atoms with Gasteiger partial charge in [0, 0.05) is 0 Å². The Hall–Kier alpha value is -0.520. The van der Waals surface area contributed by atoms with Crippen molar-refractivity contribution in [2.24, 2.45) is 0 Å². The van der Waals surface area contributed by atoms with Crippen molar-refractivity contribution in [3.05, 3.63) is 24.3 Å². The molecule has 11 heavy (non-hydrogen) atoms. The Morgan fingerprint density at radius 2 is 1.64 bits per heavy atom. The van der Waals surface area contributed by atoms with Crippen LogP contribution >= 0.6 is 0 Å². The number of unbranched alkanes of at least 4 members (excludes halogenated alkanes) is 2. The summed E-state index contributed by atoms with van der Waals surface area (Å²) in [6.07, 6.45) is 15.1. The summed E-state index contributed by atoms with van der Waals surface area (Å²) >= 11 is 0. The monoisotopic (exact) mass is 152 g/mol. The Bertz CT molecular complexity index is 109. The minimum absolute atomic E-state index is 1.11. The lowest BCUT2D eigenvalue weighted by molar-refractivity contribution is 0.813. The number of allylic oxidation sites excluding steroid dienone is 4. The fraction of sp³-hybridized carbons (Fsp3) is 0.636. The van der Waals surface area contributed by atoms with E-state index in [1.165, 1.54) is 19.3 Å². The number of rotatable bonds is 6. The molecule has 64 valence electrons. The van der Waals surface area contributed by atoms with Crippen molar-refractivity contribution in [1.29, 1.82) is 0 Å². The first kappa shape index (κ1) is 10.5. The Labute approximate surface area is 71.0 Å². The third kappa shape index (κ3) is 9.48. The first-order chi connectivity index (χ1) is 5.41. The van der Waals surface area contributed by atoms with Gasteiger partial charge in [-0.2, -0.15) is 0 Å². The minimum Gasteiger partial charge on any atom is -0.0885 e. The van der Waals surface area contributed by atoms with Gasteiger partial charge >= 0.3 is 0 Å². The molecule has 0 atom stereocenters. The molecule has 0 heteroatoms. The van der Waals surface area contributed by atoms with Crippen molar-refractivity contribution in [1.82, 2.24) is 0 Å². The van der Waals surface area contributed by atoms with Crippen molar-refractivity contribution in [3.63, 3.8) is 0 Å². The predicted molar refractivity (Wildman–Crippen MR) is 52.7 cm³/mol. The van der Waals surface area contributed by atoms with E-state index >= 15 is 0 Å². The summed E-state index contributed by atoms with van der Waals surface area (Å²) in [7, 11) is 0. The number of hydrogen-bond acceptors (Lipinski definition) is 0. The lowest BCUT2D eigenvalue weighted by Gasteiger charge is -1.86. The second-order valence-electron chi connectivity index (χ2n) is 2.73. The van der Waals surface area contributed by atoms with Gasteiger partial charge in [-0.3, -0.25) is 0 Å². The van der Waals surface area contributed by atoms with E-state index < -0.39 is 0 Å². The van der Waals surface area contributed by atoms with E-state index in [1.807, 2.05) is 0 Å². The van der Waals surface area contributed by atoms with Crippen molar-refractivity contribution < 1.29 is 0 Å². The van der Waals surface area contributed by atoms with Gasteiger partial charge in [-0.1, -0.05) is 51.0 Å². The van der Waals surface area contributed by atoms with E-state index in [2.05, 4.69) is 38.2 Å². The van der Waals surface area contributed by atoms with Gasteiger partial charge in [0.25, 0.3) is 0 Å². The van der Waals surface area contributed by atoms with Gasteiger partial charge in [0.2, 0.25) is 0 Å². The highest BCUT2D eigenvalue weighted by Gasteiger charge is 1.76. The Balaban J connectivity index is 3.09. The lowest BCUT2D eigenvalue weighted by Crippen LogP contribution is -1.66. The van der Waals surface area contributed by atoms with Gasteiger partial charge in [-0.05, 0) is 19.3 Å². The van der Waals surface area contributed by atoms with Gasteiger partial charge in [-0.25, -0.2) is 0 Å². The Morgan fingerprint density at radius 1 is 0.909 bits per heavy atom. The van der Waals surface area contributed by atoms with E-state index in [0.717, 1.165) is 12.8 Å². The fourth-order valence-electron chi connectivity index (χ4n) is 0.878. The molecule has 0 saturated heterocycles. The summed E-state index contributed by atoms with van der Waals surface area (Å²) in [6.45, 7) is 4.39. The molecule has 0 rings (SSSR count). The van der Waals surface area contributed by atoms with Crippen LogP contribution in [0.5, 0.6) is 0 Å². The Kier molecular flexibility index (Phi) is 9.03. The zero-order chi connectivity index (χ0) is 8.36. The molecular formula is C11H20. The first-order valence-electron chi connectivity index (χ1n) is 4.71. The van der Waals surface area contributed by atoms with Gasteiger partial charge in [-0.15, -0.1) is 0 Å². The first-order valence-corrected chi connectivity index (χ1v) is 4.71. The zero-order valence-corrected chi connectivity index (χ0v) is 7.84. The third-order valence-electron chi connectivity index (χ3n) is 1.57. The standard InChI is InChI=1S/C11H20/c1-3-5-7-9-11-10-8-6-4-2/h5,7,10-11H,3-4,6,8-9H2,1-2H3/b7-5-,11-10-. The summed E-state index contributed by atoms with van der Waals surface area (Å²) < 4.78 is 0. The second kappa shape index (κ2) is 9.48. The van der Waals surface area contributed by atoms with Crippen LogP contribution in [0.3, 0.4) is 0 Å². The van der Waals surface area contributed by atoms with Crippen LogP contribution in [-0.2, 0) is 0 Å². The molecule has 0 aromatic carbocycles. The molecule has 0 nitrogen and oxygen atoms in total. The maximum Gasteiger partial charge on any atom is -0.0169 e. The lowest BCUT2D eigenvalue weighted by atomic mass is 10.2. The van der Waals surface area contributed by atoms with Crippen LogP contribution in [0.4, 0.5) is 0 Å². The molecule has 0 bridgehead atoms. The van der Waals surface area contributed by atoms with Gasteiger partial charge in [0.15, 0.2) is 0 Å². The molecule has 0 amide bonds. The molecule has 0 heterocycles. The van der Waals surface area contributed by atoms with E-state index in [1.54, 1.807) is 0 Å². The fourth-order valence-corrected chi connectivity index (χ4v) is 0.878. The second-order valence-corrected chi connectivity index (χ2v) is 2.73. The smallest absolute Gasteiger partial charge is 0.0169 e. The van der Waals surface area contributed by atoms with E-state index in [9.17, 15) is 0 Å². The van der Waals surface area contributed by atoms with Crippen LogP contribution in [0.2, 0.25) is 0 Å². The average molecular weight is 152 g/mol. The average Bonchev–Trinajstić information content (AvgIpc) is 2.03. The molecule has 0 unspecified atom stereocenters. The summed E-state index contributed by atoms with van der Waals surface area (Å²) in [5.41, 5.74) is 0. The van der Waals surface area contributed by atoms with Crippen LogP contribution in [0.25, 0.3) is 0 Å². The molecular weight excluding hydrogens is 132 g/mol. The highest BCUT2D eigenvalue weighted by atomic mass is 13.8. The third-order valence-corrected chi connectivity index (χ3v) is 1.57. The molecule has 0 N–H and O–H groups in total. The maximum atomic E-state index is 2.28. The SMILES string of the molecule is CC/C=C\C/C=C\CCCC. The number of hydrogen-bond donors (Lipinski definition) is 0. The van der Waals surface area contributed by atoms with Crippen molar-refractivity contribution in [2.45, 2.75) is 46.0 Å². The highest BCUT2D eigenvalue weighted by molar-refractivity contribution is 4.92. The highest BCUT2D eigenvalue weighted by Crippen LogP contribution is 1.96. The van der Waals surface area contributed by atoms with Gasteiger partial charge in [0.1, 0.15) is 0 Å². The van der Waals surface area contributed by atoms with Gasteiger partial charge < -0.3 is 0 Å². The van der Waals surface area contributed by atoms with Crippen molar-refractivity contribution in [3.8, 4) is 0 Å². The molecule has 0 spiro atoms. The molecule has 0 aromatic heterocycles. The summed E-state index contributed by atoms with van der Waals surface area (Å²) in [6, 6.07) is 0.